The van der Waals surface area contributed by atoms with E-state index in [9.17, 15) is 11.0 Å². The van der Waals surface area contributed by atoms with Crippen LogP contribution in [0.4, 0.5) is 34.1 Å². The molecule has 86 heavy (non-hydrogen) atoms. The van der Waals surface area contributed by atoms with Crippen LogP contribution in [0.15, 0.2) is 242 Å². The fourth-order valence-electron chi connectivity index (χ4n) is 17.5. The van der Waals surface area contributed by atoms with Gasteiger partial charge >= 0.3 is 0 Å². The lowest BCUT2D eigenvalue weighted by atomic mass is 9.58. The Morgan fingerprint density at radius 3 is 1.13 bits per heavy atom. The van der Waals surface area contributed by atoms with Crippen LogP contribution in [0, 0.1) is 11.8 Å². The summed E-state index contributed by atoms with van der Waals surface area (Å²) >= 11 is 0. The van der Waals surface area contributed by atoms with Crippen molar-refractivity contribution in [2.45, 2.75) is 87.9 Å². The molecule has 6 aliphatic rings. The largest absolute Gasteiger partial charge is 0.309 e. The van der Waals surface area contributed by atoms with Gasteiger partial charge in [-0.25, -0.2) is 0 Å². The average molecular weight is 1120 g/mol. The minimum atomic E-state index is -0.448. The molecule has 414 valence electrons. The summed E-state index contributed by atoms with van der Waals surface area (Å²) in [6.07, 6.45) is 14.1. The van der Waals surface area contributed by atoms with Gasteiger partial charge in [-0.1, -0.05) is 158 Å². The van der Waals surface area contributed by atoms with Gasteiger partial charge in [0.15, 0.2) is 0 Å². The first-order chi connectivity index (χ1) is 46.7. The maximum Gasteiger partial charge on any atom is 0.0645 e. The molecular weight excluding hydrogens is 1040 g/mol. The lowest BCUT2D eigenvalue weighted by Gasteiger charge is -2.47. The molecule has 4 aromatic heterocycles. The predicted molar refractivity (Wildman–Crippen MR) is 362 cm³/mol. The first-order valence-electron chi connectivity index (χ1n) is 36.2. The standard InChI is InChI=1S/C82H66N4/c1-5-17-55(18-6-1)61-25-13-15-27-69(61)83(59-21-9-3-10-22-59)73-35-31-63-65-51-76-66(52-75(65)85-71-33-29-57(49-67(71)77(73)79(63)85)81-43-37-53(38-44-81)39-45-81)64-32-36-74(84(60-23-11-4-12-24-60)70-28-16-14-26-62(70)56-19-7-2-8-20-56)78-68-50-58(30-34-72(68)86(76)80(64)78)82-46-40-54(41-47-82)42-48-82/h1-36,49-54H,37-48H2/i3D,4D,9D,10D,11D,12D,21D,22D,23D,24D. The minimum absolute atomic E-state index is 0.0380. The third kappa shape index (κ3) is 6.99. The molecule has 0 saturated heterocycles. The number of fused-ring (bicyclic) bond motifs is 18. The van der Waals surface area contributed by atoms with Gasteiger partial charge in [0.1, 0.15) is 0 Å². The quantitative estimate of drug-likeness (QED) is 0.136. The van der Waals surface area contributed by atoms with E-state index in [0.717, 1.165) is 149 Å². The van der Waals surface area contributed by atoms with Crippen molar-refractivity contribution in [3.05, 3.63) is 254 Å². The maximum atomic E-state index is 9.76. The van der Waals surface area contributed by atoms with Gasteiger partial charge < -0.3 is 18.6 Å². The highest BCUT2D eigenvalue weighted by molar-refractivity contribution is 6.32. The van der Waals surface area contributed by atoms with E-state index in [-0.39, 0.29) is 46.4 Å². The summed E-state index contributed by atoms with van der Waals surface area (Å²) in [5.41, 5.74) is 15.2. The van der Waals surface area contributed by atoms with Crippen LogP contribution in [-0.2, 0) is 10.8 Å². The van der Waals surface area contributed by atoms with Crippen molar-refractivity contribution in [3.8, 4) is 22.3 Å². The minimum Gasteiger partial charge on any atom is -0.309 e. The summed E-state index contributed by atoms with van der Waals surface area (Å²) in [5, 5.41) is 8.04. The molecule has 6 fully saturated rings. The third-order valence-corrected chi connectivity index (χ3v) is 21.7. The van der Waals surface area contributed by atoms with Crippen LogP contribution in [0.25, 0.3) is 98.4 Å². The van der Waals surface area contributed by atoms with Crippen molar-refractivity contribution < 1.29 is 13.7 Å². The Morgan fingerprint density at radius 1 is 0.337 bits per heavy atom. The second kappa shape index (κ2) is 18.6. The van der Waals surface area contributed by atoms with E-state index in [1.807, 2.05) is 94.7 Å². The van der Waals surface area contributed by atoms with Gasteiger partial charge in [0.25, 0.3) is 0 Å². The number of aromatic nitrogens is 2. The summed E-state index contributed by atoms with van der Waals surface area (Å²) < 4.78 is 98.3. The topological polar surface area (TPSA) is 15.3 Å². The van der Waals surface area contributed by atoms with Crippen LogP contribution in [0.5, 0.6) is 0 Å². The fourth-order valence-corrected chi connectivity index (χ4v) is 17.5. The molecule has 11 aromatic carbocycles. The summed E-state index contributed by atoms with van der Waals surface area (Å²) in [6.45, 7) is 0. The molecule has 21 rings (SSSR count). The molecule has 6 aliphatic carbocycles. The molecule has 0 unspecified atom stereocenters. The number of hydrogen-bond acceptors (Lipinski definition) is 2. The Kier molecular flexibility index (Phi) is 8.64. The van der Waals surface area contributed by atoms with Crippen molar-refractivity contribution in [2.24, 2.45) is 11.8 Å². The van der Waals surface area contributed by atoms with Crippen molar-refractivity contribution in [1.29, 1.82) is 0 Å². The molecule has 4 nitrogen and oxygen atoms in total. The number of para-hydroxylation sites is 4. The molecule has 0 N–H and O–H groups in total. The molecule has 15 aromatic rings. The highest BCUT2D eigenvalue weighted by Gasteiger charge is 2.43. The van der Waals surface area contributed by atoms with Crippen molar-refractivity contribution in [1.82, 2.24) is 8.80 Å². The monoisotopic (exact) mass is 1120 g/mol. The highest BCUT2D eigenvalue weighted by Crippen LogP contribution is 2.57. The predicted octanol–water partition coefficient (Wildman–Crippen LogP) is 22.7. The van der Waals surface area contributed by atoms with E-state index < -0.39 is 36.3 Å². The number of rotatable bonds is 10. The molecule has 4 heteroatoms. The summed E-state index contributed by atoms with van der Waals surface area (Å²) in [4.78, 5) is 3.89. The second-order valence-electron chi connectivity index (χ2n) is 25.6. The zero-order valence-electron chi connectivity index (χ0n) is 57.7. The number of benzene rings is 11. The Bertz CT molecular complexity index is 5340. The highest BCUT2D eigenvalue weighted by atomic mass is 15.2. The number of hydrogen-bond donors (Lipinski definition) is 0. The van der Waals surface area contributed by atoms with E-state index in [4.69, 9.17) is 2.74 Å². The van der Waals surface area contributed by atoms with Gasteiger partial charge in [-0.15, -0.1) is 0 Å². The SMILES string of the molecule is [2H]c1c([2H])c([2H])c(N(c2ccccc2-c2ccccc2)c2ccc3c4cc5c(cc4n4c6ccc(C78CCC(CC7)CC8)cc6c2c34)c2ccc(N(c3ccccc3-c3ccccc3)c3c([2H])c([2H])c([2H])c([2H])c3[2H])c3c4cc(C67CCC(CC6)CC7)ccc4n5c23)c([2H])c1[2H]. The van der Waals surface area contributed by atoms with Gasteiger partial charge in [0, 0.05) is 65.6 Å². The number of anilines is 6. The van der Waals surface area contributed by atoms with E-state index in [2.05, 4.69) is 106 Å². The van der Waals surface area contributed by atoms with Crippen LogP contribution in [-0.4, -0.2) is 8.80 Å². The molecule has 6 saturated carbocycles. The zero-order chi connectivity index (χ0) is 64.9. The van der Waals surface area contributed by atoms with Gasteiger partial charge in [-0.3, -0.25) is 0 Å². The first kappa shape index (κ1) is 40.0. The van der Waals surface area contributed by atoms with Crippen LogP contribution in [0.3, 0.4) is 0 Å². The van der Waals surface area contributed by atoms with Gasteiger partial charge in [-0.2, -0.15) is 0 Å². The van der Waals surface area contributed by atoms with E-state index in [1.54, 1.807) is 0 Å². The summed E-state index contributed by atoms with van der Waals surface area (Å²) in [5.74, 6) is 1.55. The van der Waals surface area contributed by atoms with Crippen LogP contribution >= 0.6 is 0 Å². The van der Waals surface area contributed by atoms with Gasteiger partial charge in [-0.05, 0) is 207 Å². The molecule has 0 spiro atoms. The smallest absolute Gasteiger partial charge is 0.0645 e. The van der Waals surface area contributed by atoms with Gasteiger partial charge in [0.05, 0.1) is 69.6 Å². The molecular formula is C82H66N4. The lowest BCUT2D eigenvalue weighted by molar-refractivity contribution is 0.136. The fraction of sp³-hybridized carbons (Fsp3) is 0.195. The molecule has 0 amide bonds. The Hall–Kier alpha value is -9.38. The lowest BCUT2D eigenvalue weighted by Crippen LogP contribution is -2.37. The summed E-state index contributed by atoms with van der Waals surface area (Å²) in [6, 6.07) is 60.1. The molecule has 0 radical (unpaired) electrons. The molecule has 4 bridgehead atoms. The van der Waals surface area contributed by atoms with E-state index in [1.165, 1.54) is 49.7 Å². The second-order valence-corrected chi connectivity index (χ2v) is 25.6. The first-order valence-corrected chi connectivity index (χ1v) is 31.2. The Morgan fingerprint density at radius 2 is 0.721 bits per heavy atom. The van der Waals surface area contributed by atoms with E-state index >= 15 is 0 Å². The summed E-state index contributed by atoms with van der Waals surface area (Å²) in [7, 11) is 0. The van der Waals surface area contributed by atoms with Crippen molar-refractivity contribution in [3.63, 3.8) is 0 Å². The Labute approximate surface area is 515 Å². The average Bonchev–Trinajstić information content (AvgIpc) is 1.51. The zero-order valence-corrected chi connectivity index (χ0v) is 47.7. The molecule has 0 aliphatic heterocycles. The van der Waals surface area contributed by atoms with Crippen LogP contribution in [0.2, 0.25) is 0 Å². The van der Waals surface area contributed by atoms with Crippen molar-refractivity contribution in [2.75, 3.05) is 9.80 Å². The molecule has 0 atom stereocenters. The molecule has 4 heterocycles. The van der Waals surface area contributed by atoms with Gasteiger partial charge in [0.2, 0.25) is 0 Å². The third-order valence-electron chi connectivity index (χ3n) is 21.7. The van der Waals surface area contributed by atoms with Crippen molar-refractivity contribution >= 4 is 110 Å². The number of nitrogens with zero attached hydrogens (tertiary/aromatic N) is 4. The van der Waals surface area contributed by atoms with E-state index in [0.29, 0.717) is 22.7 Å². The Balaban J connectivity index is 0.932. The normalized spacial score (nSPS) is 22.0. The van der Waals surface area contributed by atoms with Crippen LogP contribution in [0.1, 0.15) is 102 Å². The van der Waals surface area contributed by atoms with Crippen LogP contribution < -0.4 is 9.80 Å². The maximum absolute atomic E-state index is 9.76.